The minimum absolute atomic E-state index is 0.137. The average molecular weight is 471 g/mol. The van der Waals surface area contributed by atoms with Gasteiger partial charge in [-0.2, -0.15) is 0 Å². The summed E-state index contributed by atoms with van der Waals surface area (Å²) < 4.78 is 10.2. The summed E-state index contributed by atoms with van der Waals surface area (Å²) in [4.78, 5) is 38.5. The molecular weight excluding hydrogens is 448 g/mol. The summed E-state index contributed by atoms with van der Waals surface area (Å²) in [5.74, 6) is -0.0295. The molecule has 2 aromatic rings. The van der Waals surface area contributed by atoms with Gasteiger partial charge in [-0.25, -0.2) is 4.79 Å². The van der Waals surface area contributed by atoms with Crippen molar-refractivity contribution >= 4 is 57.8 Å². The molecule has 7 nitrogen and oxygen atoms in total. The standard InChI is InChI=1S/C23H22N2O5S2/c1-29-18-11-9-17(10-12-18)24-20(26)4-3-13-25-21(27)19(32-23(25)31)14-15-5-7-16(8-6-15)22(28)30-2/h5-12,14H,3-4,13H2,1-2H3,(H,24,26). The molecule has 1 heterocycles. The van der Waals surface area contributed by atoms with Gasteiger partial charge in [0, 0.05) is 18.7 Å². The predicted molar refractivity (Wildman–Crippen MR) is 129 cm³/mol. The molecule has 3 rings (SSSR count). The summed E-state index contributed by atoms with van der Waals surface area (Å²) in [6.07, 6.45) is 2.48. The molecule has 0 saturated carbocycles. The van der Waals surface area contributed by atoms with Crippen molar-refractivity contribution in [1.29, 1.82) is 0 Å². The number of carbonyl (C=O) groups is 3. The van der Waals surface area contributed by atoms with Gasteiger partial charge in [0.25, 0.3) is 5.91 Å². The normalized spacial score (nSPS) is 14.6. The number of nitrogens with one attached hydrogen (secondary N) is 1. The molecule has 1 N–H and O–H groups in total. The van der Waals surface area contributed by atoms with Crippen LogP contribution in [0, 0.1) is 0 Å². The first-order chi connectivity index (χ1) is 15.4. The Bertz CT molecular complexity index is 1050. The highest BCUT2D eigenvalue weighted by Crippen LogP contribution is 2.32. The first-order valence-electron chi connectivity index (χ1n) is 9.79. The van der Waals surface area contributed by atoms with Gasteiger partial charge in [0.1, 0.15) is 10.1 Å². The number of hydrogen-bond donors (Lipinski definition) is 1. The van der Waals surface area contributed by atoms with Gasteiger partial charge in [-0.05, 0) is 54.5 Å². The Kier molecular flexibility index (Phi) is 8.02. The van der Waals surface area contributed by atoms with Crippen LogP contribution < -0.4 is 10.1 Å². The van der Waals surface area contributed by atoms with Crippen molar-refractivity contribution < 1.29 is 23.9 Å². The molecule has 2 aromatic carbocycles. The Hall–Kier alpha value is -3.17. The van der Waals surface area contributed by atoms with E-state index < -0.39 is 5.97 Å². The fourth-order valence-corrected chi connectivity index (χ4v) is 4.28. The molecule has 1 fully saturated rings. The highest BCUT2D eigenvalue weighted by molar-refractivity contribution is 8.26. The van der Waals surface area contributed by atoms with Crippen LogP contribution in [0.15, 0.2) is 53.4 Å². The molecule has 2 amide bonds. The topological polar surface area (TPSA) is 84.9 Å². The number of ether oxygens (including phenoxy) is 2. The number of carbonyl (C=O) groups excluding carboxylic acids is 3. The number of methoxy groups -OCH3 is 2. The third-order valence-corrected chi connectivity index (χ3v) is 6.04. The third-order valence-electron chi connectivity index (χ3n) is 4.66. The monoisotopic (exact) mass is 470 g/mol. The van der Waals surface area contributed by atoms with Crippen molar-refractivity contribution in [2.45, 2.75) is 12.8 Å². The Labute approximate surface area is 195 Å². The van der Waals surface area contributed by atoms with Crippen LogP contribution in [0.4, 0.5) is 5.69 Å². The zero-order valence-electron chi connectivity index (χ0n) is 17.6. The molecule has 1 aliphatic rings. The average Bonchev–Trinajstić information content (AvgIpc) is 3.06. The smallest absolute Gasteiger partial charge is 0.337 e. The Morgan fingerprint density at radius 1 is 1.09 bits per heavy atom. The maximum Gasteiger partial charge on any atom is 0.337 e. The lowest BCUT2D eigenvalue weighted by atomic mass is 10.1. The summed E-state index contributed by atoms with van der Waals surface area (Å²) in [7, 11) is 2.90. The first kappa shape index (κ1) is 23.5. The van der Waals surface area contributed by atoms with Crippen LogP contribution in [0.25, 0.3) is 6.08 Å². The molecule has 1 aliphatic heterocycles. The van der Waals surface area contributed by atoms with Crippen molar-refractivity contribution in [2.75, 3.05) is 26.1 Å². The zero-order chi connectivity index (χ0) is 23.1. The summed E-state index contributed by atoms with van der Waals surface area (Å²) in [5.41, 5.74) is 1.89. The van der Waals surface area contributed by atoms with E-state index in [0.29, 0.717) is 39.2 Å². The summed E-state index contributed by atoms with van der Waals surface area (Å²) in [6, 6.07) is 13.8. The van der Waals surface area contributed by atoms with Crippen molar-refractivity contribution in [3.05, 3.63) is 64.6 Å². The van der Waals surface area contributed by atoms with Crippen LogP contribution in [0.5, 0.6) is 5.75 Å². The molecular formula is C23H22N2O5S2. The maximum atomic E-state index is 12.7. The second kappa shape index (κ2) is 10.9. The molecule has 0 unspecified atom stereocenters. The summed E-state index contributed by atoms with van der Waals surface area (Å²) in [6.45, 7) is 0.360. The lowest BCUT2D eigenvalue weighted by Crippen LogP contribution is -2.29. The Morgan fingerprint density at radius 3 is 2.41 bits per heavy atom. The number of esters is 1. The fraction of sp³-hybridized carbons (Fsp3) is 0.217. The predicted octanol–water partition coefficient (Wildman–Crippen LogP) is 4.10. The molecule has 1 saturated heterocycles. The highest BCUT2D eigenvalue weighted by Gasteiger charge is 2.31. The van der Waals surface area contributed by atoms with Crippen molar-refractivity contribution in [3.63, 3.8) is 0 Å². The maximum absolute atomic E-state index is 12.7. The van der Waals surface area contributed by atoms with Gasteiger partial charge in [0.05, 0.1) is 24.7 Å². The SMILES string of the molecule is COC(=O)c1ccc(C=C2SC(=S)N(CCCC(=O)Nc3ccc(OC)cc3)C2=O)cc1. The molecule has 0 atom stereocenters. The molecule has 0 spiro atoms. The van der Waals surface area contributed by atoms with Gasteiger partial charge in [0.2, 0.25) is 5.91 Å². The van der Waals surface area contributed by atoms with Crippen LogP contribution in [-0.2, 0) is 14.3 Å². The van der Waals surface area contributed by atoms with Gasteiger partial charge < -0.3 is 14.8 Å². The van der Waals surface area contributed by atoms with Crippen LogP contribution >= 0.6 is 24.0 Å². The van der Waals surface area contributed by atoms with E-state index in [2.05, 4.69) is 10.1 Å². The number of rotatable bonds is 8. The van der Waals surface area contributed by atoms with E-state index in [1.54, 1.807) is 61.7 Å². The first-order valence-corrected chi connectivity index (χ1v) is 11.0. The zero-order valence-corrected chi connectivity index (χ0v) is 19.3. The van der Waals surface area contributed by atoms with Gasteiger partial charge >= 0.3 is 5.97 Å². The number of benzene rings is 2. The number of nitrogens with zero attached hydrogens (tertiary/aromatic N) is 1. The van der Waals surface area contributed by atoms with Crippen molar-refractivity contribution in [1.82, 2.24) is 4.90 Å². The lowest BCUT2D eigenvalue weighted by molar-refractivity contribution is -0.122. The quantitative estimate of drug-likeness (QED) is 0.353. The number of thioether (sulfide) groups is 1. The van der Waals surface area contributed by atoms with Crippen molar-refractivity contribution in [3.8, 4) is 5.75 Å². The number of anilines is 1. The minimum Gasteiger partial charge on any atom is -0.497 e. The van der Waals surface area contributed by atoms with E-state index in [1.807, 2.05) is 0 Å². The van der Waals surface area contributed by atoms with Crippen LogP contribution in [0.2, 0.25) is 0 Å². The summed E-state index contributed by atoms with van der Waals surface area (Å²) >= 11 is 6.56. The highest BCUT2D eigenvalue weighted by atomic mass is 32.2. The van der Waals surface area contributed by atoms with E-state index in [0.717, 1.165) is 5.56 Å². The second-order valence-electron chi connectivity index (χ2n) is 6.83. The van der Waals surface area contributed by atoms with Gasteiger partial charge in [0.15, 0.2) is 0 Å². The van der Waals surface area contributed by atoms with Gasteiger partial charge in [-0.3, -0.25) is 14.5 Å². The van der Waals surface area contributed by atoms with E-state index in [1.165, 1.54) is 23.8 Å². The molecule has 0 radical (unpaired) electrons. The lowest BCUT2D eigenvalue weighted by Gasteiger charge is -2.14. The van der Waals surface area contributed by atoms with E-state index in [4.69, 9.17) is 17.0 Å². The fourth-order valence-electron chi connectivity index (χ4n) is 2.97. The van der Waals surface area contributed by atoms with Crippen molar-refractivity contribution in [2.24, 2.45) is 0 Å². The van der Waals surface area contributed by atoms with Gasteiger partial charge in [-0.1, -0.05) is 36.1 Å². The molecule has 0 aromatic heterocycles. The van der Waals surface area contributed by atoms with Crippen LogP contribution in [0.3, 0.4) is 0 Å². The van der Waals surface area contributed by atoms with E-state index in [-0.39, 0.29) is 18.2 Å². The molecule has 0 aliphatic carbocycles. The Balaban J connectivity index is 1.52. The molecule has 32 heavy (non-hydrogen) atoms. The van der Waals surface area contributed by atoms with Crippen LogP contribution in [0.1, 0.15) is 28.8 Å². The molecule has 9 heteroatoms. The minimum atomic E-state index is -0.418. The van der Waals surface area contributed by atoms with Gasteiger partial charge in [-0.15, -0.1) is 0 Å². The van der Waals surface area contributed by atoms with E-state index in [9.17, 15) is 14.4 Å². The second-order valence-corrected chi connectivity index (χ2v) is 8.50. The molecule has 0 bridgehead atoms. The number of amides is 2. The third kappa shape index (κ3) is 5.95. The number of thiocarbonyl (C=S) groups is 1. The largest absolute Gasteiger partial charge is 0.497 e. The molecule has 166 valence electrons. The summed E-state index contributed by atoms with van der Waals surface area (Å²) in [5, 5.41) is 2.82. The Morgan fingerprint density at radius 2 is 1.78 bits per heavy atom. The number of hydrogen-bond acceptors (Lipinski definition) is 7. The van der Waals surface area contributed by atoms with Crippen LogP contribution in [-0.4, -0.2) is 47.8 Å². The van der Waals surface area contributed by atoms with E-state index >= 15 is 0 Å².